The van der Waals surface area contributed by atoms with Gasteiger partial charge < -0.3 is 10.4 Å². The number of rotatable bonds is 4. The average Bonchev–Trinajstić information content (AvgIpc) is 2.40. The Morgan fingerprint density at radius 1 is 0.842 bits per heavy atom. The lowest BCUT2D eigenvalue weighted by Gasteiger charge is -2.10. The predicted molar refractivity (Wildman–Crippen MR) is 80.1 cm³/mol. The molecule has 2 N–H and O–H groups in total. The molecule has 0 aliphatic rings. The van der Waals surface area contributed by atoms with Crippen LogP contribution in [0.15, 0.2) is 36.4 Å². The van der Waals surface area contributed by atoms with Crippen LogP contribution in [0.3, 0.4) is 0 Å². The van der Waals surface area contributed by atoms with Crippen LogP contribution in [0.2, 0.25) is 15.1 Å². The van der Waals surface area contributed by atoms with Gasteiger partial charge in [0.2, 0.25) is 0 Å². The van der Waals surface area contributed by atoms with Crippen LogP contribution in [0, 0.1) is 0 Å². The van der Waals surface area contributed by atoms with Crippen LogP contribution < -0.4 is 5.32 Å². The number of phenols is 1. The summed E-state index contributed by atoms with van der Waals surface area (Å²) in [5.74, 6) is 0.254. The van der Waals surface area contributed by atoms with E-state index in [1.165, 1.54) is 0 Å². The zero-order valence-corrected chi connectivity index (χ0v) is 12.2. The third kappa shape index (κ3) is 3.77. The largest absolute Gasteiger partial charge is 0.508 e. The van der Waals surface area contributed by atoms with E-state index < -0.39 is 0 Å². The van der Waals surface area contributed by atoms with Crippen molar-refractivity contribution in [3.8, 4) is 5.75 Å². The highest BCUT2D eigenvalue weighted by Crippen LogP contribution is 2.31. The van der Waals surface area contributed by atoms with Crippen LogP contribution in [0.1, 0.15) is 11.1 Å². The number of halogens is 3. The average molecular weight is 317 g/mol. The first-order valence-corrected chi connectivity index (χ1v) is 6.82. The Morgan fingerprint density at radius 3 is 2.16 bits per heavy atom. The summed E-state index contributed by atoms with van der Waals surface area (Å²) in [7, 11) is 0. The normalized spacial score (nSPS) is 10.7. The Labute approximate surface area is 126 Å². The molecule has 0 fully saturated rings. The molecule has 0 heterocycles. The van der Waals surface area contributed by atoms with Crippen molar-refractivity contribution in [1.82, 2.24) is 5.32 Å². The van der Waals surface area contributed by atoms with Crippen molar-refractivity contribution in [2.24, 2.45) is 0 Å². The van der Waals surface area contributed by atoms with Gasteiger partial charge in [-0.2, -0.15) is 0 Å². The fourth-order valence-corrected chi connectivity index (χ4v) is 2.36. The zero-order chi connectivity index (χ0) is 13.8. The van der Waals surface area contributed by atoms with Crippen LogP contribution in [-0.2, 0) is 13.1 Å². The van der Waals surface area contributed by atoms with Gasteiger partial charge in [0.05, 0.1) is 10.0 Å². The molecule has 0 radical (unpaired) electrons. The van der Waals surface area contributed by atoms with Gasteiger partial charge in [-0.05, 0) is 29.8 Å². The van der Waals surface area contributed by atoms with E-state index in [0.717, 1.165) is 11.1 Å². The number of aromatic hydroxyl groups is 1. The molecule has 0 unspecified atom stereocenters. The molecule has 100 valence electrons. The zero-order valence-electron chi connectivity index (χ0n) is 9.96. The first-order valence-electron chi connectivity index (χ1n) is 5.69. The van der Waals surface area contributed by atoms with Gasteiger partial charge in [0.15, 0.2) is 0 Å². The molecule has 5 heteroatoms. The summed E-state index contributed by atoms with van der Waals surface area (Å²) >= 11 is 18.2. The molecule has 0 atom stereocenters. The third-order valence-electron chi connectivity index (χ3n) is 2.71. The maximum Gasteiger partial charge on any atom is 0.115 e. The molecule has 0 aromatic heterocycles. The lowest BCUT2D eigenvalue weighted by Crippen LogP contribution is -2.13. The lowest BCUT2D eigenvalue weighted by atomic mass is 10.2. The van der Waals surface area contributed by atoms with E-state index in [2.05, 4.69) is 5.32 Å². The molecule has 2 nitrogen and oxygen atoms in total. The van der Waals surface area contributed by atoms with Gasteiger partial charge in [-0.15, -0.1) is 0 Å². The minimum Gasteiger partial charge on any atom is -0.508 e. The highest BCUT2D eigenvalue weighted by molar-refractivity contribution is 6.44. The molecule has 0 aliphatic heterocycles. The summed E-state index contributed by atoms with van der Waals surface area (Å²) in [5.41, 5.74) is 1.85. The SMILES string of the molecule is Oc1ccc(CNCc2c(Cl)ccc(Cl)c2Cl)cc1. The van der Waals surface area contributed by atoms with Crippen LogP contribution in [-0.4, -0.2) is 5.11 Å². The van der Waals surface area contributed by atoms with Crippen molar-refractivity contribution < 1.29 is 5.11 Å². The van der Waals surface area contributed by atoms with Crippen LogP contribution >= 0.6 is 34.8 Å². The molecule has 0 saturated carbocycles. The summed E-state index contributed by atoms with van der Waals surface area (Å²) in [5, 5.41) is 14.0. The van der Waals surface area contributed by atoms with Gasteiger partial charge in [0, 0.05) is 23.7 Å². The van der Waals surface area contributed by atoms with E-state index >= 15 is 0 Å². The van der Waals surface area contributed by atoms with E-state index in [9.17, 15) is 5.11 Å². The molecule has 0 aliphatic carbocycles. The Balaban J connectivity index is 2.00. The van der Waals surface area contributed by atoms with E-state index in [1.807, 2.05) is 12.1 Å². The smallest absolute Gasteiger partial charge is 0.115 e. The summed E-state index contributed by atoms with van der Waals surface area (Å²) in [4.78, 5) is 0. The fraction of sp³-hybridized carbons (Fsp3) is 0.143. The highest BCUT2D eigenvalue weighted by Gasteiger charge is 2.09. The van der Waals surface area contributed by atoms with E-state index in [-0.39, 0.29) is 5.75 Å². The minimum atomic E-state index is 0.254. The van der Waals surface area contributed by atoms with Gasteiger partial charge in [-0.3, -0.25) is 0 Å². The first-order chi connectivity index (χ1) is 9.08. The Morgan fingerprint density at radius 2 is 1.47 bits per heavy atom. The molecule has 0 amide bonds. The minimum absolute atomic E-state index is 0.254. The van der Waals surface area contributed by atoms with Gasteiger partial charge >= 0.3 is 0 Å². The maximum absolute atomic E-state index is 9.19. The Hall–Kier alpha value is -0.930. The van der Waals surface area contributed by atoms with Gasteiger partial charge in [0.1, 0.15) is 5.75 Å². The first kappa shape index (κ1) is 14.5. The topological polar surface area (TPSA) is 32.3 Å². The number of benzene rings is 2. The second kappa shape index (κ2) is 6.49. The lowest BCUT2D eigenvalue weighted by molar-refractivity contribution is 0.475. The van der Waals surface area contributed by atoms with E-state index in [1.54, 1.807) is 24.3 Å². The predicted octanol–water partition coefficient (Wildman–Crippen LogP) is 4.64. The van der Waals surface area contributed by atoms with E-state index in [0.29, 0.717) is 28.2 Å². The molecule has 19 heavy (non-hydrogen) atoms. The molecule has 0 saturated heterocycles. The standard InChI is InChI=1S/C14H12Cl3NO/c15-12-5-6-13(16)14(17)11(12)8-18-7-9-1-3-10(19)4-2-9/h1-6,18-19H,7-8H2. The molecule has 2 aromatic rings. The van der Waals surface area contributed by atoms with Crippen LogP contribution in [0.5, 0.6) is 5.75 Å². The van der Waals surface area contributed by atoms with Crippen LogP contribution in [0.25, 0.3) is 0 Å². The molecular formula is C14H12Cl3NO. The van der Waals surface area contributed by atoms with Gasteiger partial charge in [-0.25, -0.2) is 0 Å². The number of nitrogens with one attached hydrogen (secondary N) is 1. The second-order valence-electron chi connectivity index (χ2n) is 4.09. The molecule has 2 rings (SSSR count). The number of phenolic OH excluding ortho intramolecular Hbond substituents is 1. The second-order valence-corrected chi connectivity index (χ2v) is 5.28. The van der Waals surface area contributed by atoms with Crippen molar-refractivity contribution in [3.05, 3.63) is 62.6 Å². The maximum atomic E-state index is 9.19. The van der Waals surface area contributed by atoms with Gasteiger partial charge in [-0.1, -0.05) is 46.9 Å². The number of hydrogen-bond acceptors (Lipinski definition) is 2. The van der Waals surface area contributed by atoms with Crippen molar-refractivity contribution in [3.63, 3.8) is 0 Å². The Bertz CT molecular complexity index is 570. The quantitative estimate of drug-likeness (QED) is 0.805. The van der Waals surface area contributed by atoms with Crippen molar-refractivity contribution >= 4 is 34.8 Å². The Kier molecular flexibility index (Phi) is 4.94. The number of hydrogen-bond donors (Lipinski definition) is 2. The molecular weight excluding hydrogens is 305 g/mol. The van der Waals surface area contributed by atoms with Gasteiger partial charge in [0.25, 0.3) is 0 Å². The molecule has 0 spiro atoms. The van der Waals surface area contributed by atoms with Crippen molar-refractivity contribution in [1.29, 1.82) is 0 Å². The fourth-order valence-electron chi connectivity index (χ4n) is 1.68. The third-order valence-corrected chi connectivity index (χ3v) is 3.90. The summed E-state index contributed by atoms with van der Waals surface area (Å²) < 4.78 is 0. The molecule has 2 aromatic carbocycles. The summed E-state index contributed by atoms with van der Waals surface area (Å²) in [6.45, 7) is 1.18. The van der Waals surface area contributed by atoms with Crippen LogP contribution in [0.4, 0.5) is 0 Å². The highest BCUT2D eigenvalue weighted by atomic mass is 35.5. The molecule has 0 bridgehead atoms. The summed E-state index contributed by atoms with van der Waals surface area (Å²) in [6, 6.07) is 10.4. The monoisotopic (exact) mass is 315 g/mol. The summed E-state index contributed by atoms with van der Waals surface area (Å²) in [6.07, 6.45) is 0. The van der Waals surface area contributed by atoms with Crippen molar-refractivity contribution in [2.45, 2.75) is 13.1 Å². The van der Waals surface area contributed by atoms with E-state index in [4.69, 9.17) is 34.8 Å². The van der Waals surface area contributed by atoms with Crippen molar-refractivity contribution in [2.75, 3.05) is 0 Å².